The van der Waals surface area contributed by atoms with Crippen molar-refractivity contribution in [2.45, 2.75) is 6.92 Å². The first-order valence-corrected chi connectivity index (χ1v) is 7.16. The molecule has 0 aromatic heterocycles. The van der Waals surface area contributed by atoms with Gasteiger partial charge in [-0.05, 0) is 24.3 Å². The highest BCUT2D eigenvalue weighted by atomic mass is 16.7. The van der Waals surface area contributed by atoms with Crippen LogP contribution in [-0.4, -0.2) is 25.2 Å². The number of hydrogen-bond acceptors (Lipinski definition) is 4. The number of para-hydroxylation sites is 1. The average Bonchev–Trinajstić information content (AvgIpc) is 3.01. The van der Waals surface area contributed by atoms with E-state index in [1.807, 2.05) is 18.2 Å². The van der Waals surface area contributed by atoms with Crippen LogP contribution in [0, 0.1) is 0 Å². The molecule has 0 fully saturated rings. The fraction of sp³-hybridized carbons (Fsp3) is 0.176. The van der Waals surface area contributed by atoms with Crippen molar-refractivity contribution in [1.29, 1.82) is 0 Å². The molecule has 0 saturated carbocycles. The molecule has 2 amide bonds. The van der Waals surface area contributed by atoms with E-state index >= 15 is 0 Å². The third-order valence-corrected chi connectivity index (χ3v) is 3.41. The van der Waals surface area contributed by atoms with E-state index in [9.17, 15) is 9.59 Å². The van der Waals surface area contributed by atoms with Gasteiger partial charge in [-0.15, -0.1) is 0 Å². The molecule has 2 aromatic carbocycles. The standard InChI is InChI=1S/C17H16N2O4/c1-12(20)19(14-5-3-2-4-6-14)10-17(21)18-13-7-8-15-16(9-13)23-11-22-15/h2-9H,10-11H2,1H3,(H,18,21). The minimum Gasteiger partial charge on any atom is -0.454 e. The van der Waals surface area contributed by atoms with Crippen molar-refractivity contribution in [1.82, 2.24) is 0 Å². The summed E-state index contributed by atoms with van der Waals surface area (Å²) < 4.78 is 10.5. The van der Waals surface area contributed by atoms with Crippen LogP contribution in [0.4, 0.5) is 11.4 Å². The Morgan fingerprint density at radius 3 is 2.57 bits per heavy atom. The largest absolute Gasteiger partial charge is 0.454 e. The summed E-state index contributed by atoms with van der Waals surface area (Å²) in [6.07, 6.45) is 0. The van der Waals surface area contributed by atoms with Crippen LogP contribution in [0.3, 0.4) is 0 Å². The smallest absolute Gasteiger partial charge is 0.244 e. The Balaban J connectivity index is 1.69. The van der Waals surface area contributed by atoms with Gasteiger partial charge in [0.1, 0.15) is 6.54 Å². The molecule has 3 rings (SSSR count). The van der Waals surface area contributed by atoms with Crippen LogP contribution < -0.4 is 19.7 Å². The lowest BCUT2D eigenvalue weighted by molar-refractivity contribution is -0.120. The first kappa shape index (κ1) is 14.9. The minimum absolute atomic E-state index is 0.0617. The number of hydrogen-bond donors (Lipinski definition) is 1. The van der Waals surface area contributed by atoms with Gasteiger partial charge in [0.05, 0.1) is 0 Å². The average molecular weight is 312 g/mol. The number of anilines is 2. The molecule has 0 aliphatic carbocycles. The van der Waals surface area contributed by atoms with Crippen molar-refractivity contribution in [3.8, 4) is 11.5 Å². The topological polar surface area (TPSA) is 67.9 Å². The Labute approximate surface area is 133 Å². The molecule has 0 radical (unpaired) electrons. The Hall–Kier alpha value is -3.02. The molecule has 1 aliphatic heterocycles. The fourth-order valence-corrected chi connectivity index (χ4v) is 2.31. The van der Waals surface area contributed by atoms with Crippen LogP contribution >= 0.6 is 0 Å². The second-order valence-electron chi connectivity index (χ2n) is 5.06. The van der Waals surface area contributed by atoms with E-state index in [1.165, 1.54) is 11.8 Å². The highest BCUT2D eigenvalue weighted by Gasteiger charge is 2.17. The van der Waals surface area contributed by atoms with Crippen molar-refractivity contribution >= 4 is 23.2 Å². The predicted octanol–water partition coefficient (Wildman–Crippen LogP) is 2.41. The molecule has 0 bridgehead atoms. The van der Waals surface area contributed by atoms with Crippen LogP contribution in [0.15, 0.2) is 48.5 Å². The number of rotatable bonds is 4. The summed E-state index contributed by atoms with van der Waals surface area (Å²) in [4.78, 5) is 25.4. The molecule has 2 aromatic rings. The van der Waals surface area contributed by atoms with Crippen molar-refractivity contribution in [2.75, 3.05) is 23.6 Å². The molecule has 0 saturated heterocycles. The van der Waals surface area contributed by atoms with Gasteiger partial charge in [-0.3, -0.25) is 9.59 Å². The number of carbonyl (C=O) groups excluding carboxylic acids is 2. The summed E-state index contributed by atoms with van der Waals surface area (Å²) >= 11 is 0. The Kier molecular flexibility index (Phi) is 4.14. The Bertz CT molecular complexity index is 731. The number of nitrogens with one attached hydrogen (secondary N) is 1. The first-order chi connectivity index (χ1) is 11.1. The summed E-state index contributed by atoms with van der Waals surface area (Å²) in [6.45, 7) is 1.55. The number of ether oxygens (including phenoxy) is 2. The number of benzene rings is 2. The fourth-order valence-electron chi connectivity index (χ4n) is 2.31. The maximum Gasteiger partial charge on any atom is 0.244 e. The molecule has 0 atom stereocenters. The van der Waals surface area contributed by atoms with Gasteiger partial charge in [-0.2, -0.15) is 0 Å². The maximum absolute atomic E-state index is 12.2. The number of amides is 2. The molecule has 1 aliphatic rings. The van der Waals surface area contributed by atoms with Gasteiger partial charge in [0.15, 0.2) is 11.5 Å². The molecule has 6 nitrogen and oxygen atoms in total. The van der Waals surface area contributed by atoms with Crippen molar-refractivity contribution in [3.05, 3.63) is 48.5 Å². The van der Waals surface area contributed by atoms with Crippen LogP contribution in [0.1, 0.15) is 6.92 Å². The number of fused-ring (bicyclic) bond motifs is 1. The summed E-state index contributed by atoms with van der Waals surface area (Å²) in [5.41, 5.74) is 1.27. The minimum atomic E-state index is -0.289. The van der Waals surface area contributed by atoms with Crippen molar-refractivity contribution < 1.29 is 19.1 Å². The lowest BCUT2D eigenvalue weighted by Gasteiger charge is -2.20. The Morgan fingerprint density at radius 2 is 1.83 bits per heavy atom. The van der Waals surface area contributed by atoms with Crippen molar-refractivity contribution in [2.24, 2.45) is 0 Å². The first-order valence-electron chi connectivity index (χ1n) is 7.16. The van der Waals surface area contributed by atoms with E-state index in [2.05, 4.69) is 5.32 Å². The summed E-state index contributed by atoms with van der Waals surface area (Å²) in [5, 5.41) is 2.76. The van der Waals surface area contributed by atoms with Gasteiger partial charge >= 0.3 is 0 Å². The molecule has 0 spiro atoms. The zero-order chi connectivity index (χ0) is 16.2. The lowest BCUT2D eigenvalue weighted by atomic mass is 10.2. The van der Waals surface area contributed by atoms with E-state index < -0.39 is 0 Å². The van der Waals surface area contributed by atoms with E-state index in [-0.39, 0.29) is 25.2 Å². The SMILES string of the molecule is CC(=O)N(CC(=O)Nc1ccc2c(c1)OCO2)c1ccccc1. The van der Waals surface area contributed by atoms with Gasteiger partial charge in [0.25, 0.3) is 0 Å². The summed E-state index contributed by atoms with van der Waals surface area (Å²) in [5.74, 6) is 0.756. The van der Waals surface area contributed by atoms with E-state index in [0.29, 0.717) is 22.9 Å². The molecule has 1 N–H and O–H groups in total. The second-order valence-corrected chi connectivity index (χ2v) is 5.06. The third-order valence-electron chi connectivity index (χ3n) is 3.41. The zero-order valence-electron chi connectivity index (χ0n) is 12.6. The van der Waals surface area contributed by atoms with E-state index in [4.69, 9.17) is 9.47 Å². The van der Waals surface area contributed by atoms with Crippen molar-refractivity contribution in [3.63, 3.8) is 0 Å². The van der Waals surface area contributed by atoms with E-state index in [0.717, 1.165) is 0 Å². The molecule has 0 unspecified atom stereocenters. The summed E-state index contributed by atoms with van der Waals surface area (Å²) in [6, 6.07) is 14.2. The van der Waals surface area contributed by atoms with Gasteiger partial charge in [0, 0.05) is 24.4 Å². The van der Waals surface area contributed by atoms with Gasteiger partial charge in [0.2, 0.25) is 18.6 Å². The molecular formula is C17H16N2O4. The normalized spacial score (nSPS) is 11.9. The highest BCUT2D eigenvalue weighted by molar-refractivity contribution is 6.01. The van der Waals surface area contributed by atoms with Crippen LogP contribution in [0.25, 0.3) is 0 Å². The molecule has 6 heteroatoms. The van der Waals surface area contributed by atoms with Crippen LogP contribution in [0.5, 0.6) is 11.5 Å². The van der Waals surface area contributed by atoms with Gasteiger partial charge in [-0.25, -0.2) is 0 Å². The number of carbonyl (C=O) groups is 2. The molecular weight excluding hydrogens is 296 g/mol. The van der Waals surface area contributed by atoms with Gasteiger partial charge in [-0.1, -0.05) is 18.2 Å². The summed E-state index contributed by atoms with van der Waals surface area (Å²) in [7, 11) is 0. The zero-order valence-corrected chi connectivity index (χ0v) is 12.6. The Morgan fingerprint density at radius 1 is 1.09 bits per heavy atom. The molecule has 1 heterocycles. The maximum atomic E-state index is 12.2. The highest BCUT2D eigenvalue weighted by Crippen LogP contribution is 2.34. The lowest BCUT2D eigenvalue weighted by Crippen LogP contribution is -2.36. The van der Waals surface area contributed by atoms with E-state index in [1.54, 1.807) is 30.3 Å². The molecule has 23 heavy (non-hydrogen) atoms. The van der Waals surface area contributed by atoms with Crippen LogP contribution in [-0.2, 0) is 9.59 Å². The third kappa shape index (κ3) is 3.42. The monoisotopic (exact) mass is 312 g/mol. The quantitative estimate of drug-likeness (QED) is 0.941. The number of nitrogens with zero attached hydrogens (tertiary/aromatic N) is 1. The predicted molar refractivity (Wildman–Crippen MR) is 85.7 cm³/mol. The van der Waals surface area contributed by atoms with Crippen LogP contribution in [0.2, 0.25) is 0 Å². The second kappa shape index (κ2) is 6.39. The van der Waals surface area contributed by atoms with Gasteiger partial charge < -0.3 is 19.7 Å². The molecule has 118 valence electrons.